The number of aliphatic hydroxyl groups excluding tert-OH is 1. The molecule has 0 heterocycles. The minimum absolute atomic E-state index is 0.0740. The van der Waals surface area contributed by atoms with Crippen molar-refractivity contribution in [1.82, 2.24) is 0 Å². The molecule has 1 aromatic rings. The van der Waals surface area contributed by atoms with Crippen LogP contribution in [0.4, 0.5) is 5.69 Å². The van der Waals surface area contributed by atoms with Crippen LogP contribution in [0.3, 0.4) is 0 Å². The van der Waals surface area contributed by atoms with Crippen LogP contribution in [0.1, 0.15) is 25.0 Å². The van der Waals surface area contributed by atoms with Gasteiger partial charge in [-0.2, -0.15) is 0 Å². The molecule has 0 spiro atoms. The summed E-state index contributed by atoms with van der Waals surface area (Å²) in [7, 11) is 0. The molecule has 4 nitrogen and oxygen atoms in total. The van der Waals surface area contributed by atoms with Gasteiger partial charge in [-0.3, -0.25) is 4.79 Å². The maximum absolute atomic E-state index is 10.7. The van der Waals surface area contributed by atoms with Crippen LogP contribution in [0, 0.1) is 4.91 Å². The van der Waals surface area contributed by atoms with Crippen LogP contribution in [0.15, 0.2) is 29.4 Å². The van der Waals surface area contributed by atoms with Crippen LogP contribution in [0.25, 0.3) is 0 Å². The molecule has 1 atom stereocenters. The van der Waals surface area contributed by atoms with Gasteiger partial charge < -0.3 is 5.11 Å². The van der Waals surface area contributed by atoms with Gasteiger partial charge in [-0.05, 0) is 29.8 Å². The number of rotatable bonds is 4. The van der Waals surface area contributed by atoms with E-state index >= 15 is 0 Å². The summed E-state index contributed by atoms with van der Waals surface area (Å²) in [6.07, 6.45) is -0.707. The van der Waals surface area contributed by atoms with E-state index in [4.69, 9.17) is 0 Å². The molecule has 0 aromatic heterocycles. The van der Waals surface area contributed by atoms with E-state index in [0.29, 0.717) is 11.3 Å². The van der Waals surface area contributed by atoms with E-state index in [0.717, 1.165) is 0 Å². The molecule has 74 valence electrons. The second kappa shape index (κ2) is 4.62. The number of benzene rings is 1. The van der Waals surface area contributed by atoms with E-state index in [-0.39, 0.29) is 12.2 Å². The van der Waals surface area contributed by atoms with Crippen molar-refractivity contribution in [3.8, 4) is 0 Å². The number of Topliss-reactive ketones (excluding diaryl/α,β-unsaturated/α-hetero) is 1. The highest BCUT2D eigenvalue weighted by Crippen LogP contribution is 2.20. The lowest BCUT2D eigenvalue weighted by molar-refractivity contribution is -0.118. The first-order chi connectivity index (χ1) is 6.63. The fourth-order valence-electron chi connectivity index (χ4n) is 1.15. The Balaban J connectivity index is 2.75. The zero-order valence-electron chi connectivity index (χ0n) is 7.80. The van der Waals surface area contributed by atoms with Crippen LogP contribution in [-0.2, 0) is 4.79 Å². The predicted molar refractivity (Wildman–Crippen MR) is 52.2 cm³/mol. The monoisotopic (exact) mass is 193 g/mol. The van der Waals surface area contributed by atoms with Crippen LogP contribution >= 0.6 is 0 Å². The summed E-state index contributed by atoms with van der Waals surface area (Å²) in [6.45, 7) is 1.42. The van der Waals surface area contributed by atoms with Gasteiger partial charge in [-0.1, -0.05) is 12.1 Å². The average Bonchev–Trinajstić information content (AvgIpc) is 2.17. The number of hydrogen-bond acceptors (Lipinski definition) is 4. The van der Waals surface area contributed by atoms with Gasteiger partial charge in [0.1, 0.15) is 11.5 Å². The molecule has 1 aromatic carbocycles. The van der Waals surface area contributed by atoms with Crippen molar-refractivity contribution in [2.75, 3.05) is 0 Å². The van der Waals surface area contributed by atoms with Gasteiger partial charge in [0.15, 0.2) is 0 Å². The highest BCUT2D eigenvalue weighted by Gasteiger charge is 2.09. The smallest absolute Gasteiger partial charge is 0.132 e. The molecule has 0 unspecified atom stereocenters. The molecule has 0 aliphatic rings. The highest BCUT2D eigenvalue weighted by molar-refractivity contribution is 5.76. The Hall–Kier alpha value is -1.55. The molecule has 1 rings (SSSR count). The summed E-state index contributed by atoms with van der Waals surface area (Å²) in [5.74, 6) is -0.0740. The van der Waals surface area contributed by atoms with Crippen molar-refractivity contribution in [2.45, 2.75) is 19.4 Å². The van der Waals surface area contributed by atoms with Crippen LogP contribution in [0.5, 0.6) is 0 Å². The van der Waals surface area contributed by atoms with Gasteiger partial charge in [0.2, 0.25) is 0 Å². The molecule has 0 fully saturated rings. The van der Waals surface area contributed by atoms with E-state index in [1.807, 2.05) is 0 Å². The molecular formula is C10H11NO3. The SMILES string of the molecule is CC(=O)C[C@@H](O)c1ccc(N=O)cc1. The van der Waals surface area contributed by atoms with E-state index in [2.05, 4.69) is 5.18 Å². The highest BCUT2D eigenvalue weighted by atomic mass is 16.3. The normalized spacial score (nSPS) is 12.1. The van der Waals surface area contributed by atoms with Crippen molar-refractivity contribution in [3.05, 3.63) is 34.7 Å². The summed E-state index contributed by atoms with van der Waals surface area (Å²) in [5, 5.41) is 12.3. The Morgan fingerprint density at radius 1 is 1.43 bits per heavy atom. The minimum Gasteiger partial charge on any atom is -0.388 e. The lowest BCUT2D eigenvalue weighted by atomic mass is 10.0. The average molecular weight is 193 g/mol. The Morgan fingerprint density at radius 2 is 2.00 bits per heavy atom. The largest absolute Gasteiger partial charge is 0.388 e. The van der Waals surface area contributed by atoms with E-state index in [9.17, 15) is 14.8 Å². The Bertz CT molecular complexity index is 332. The van der Waals surface area contributed by atoms with Gasteiger partial charge in [-0.25, -0.2) is 0 Å². The molecule has 14 heavy (non-hydrogen) atoms. The second-order valence-electron chi connectivity index (χ2n) is 3.10. The topological polar surface area (TPSA) is 66.7 Å². The van der Waals surface area contributed by atoms with E-state index in [1.165, 1.54) is 19.1 Å². The predicted octanol–water partition coefficient (Wildman–Crippen LogP) is 2.10. The van der Waals surface area contributed by atoms with Crippen LogP contribution < -0.4 is 0 Å². The zero-order chi connectivity index (χ0) is 10.6. The number of carbonyl (C=O) groups excluding carboxylic acids is 1. The van der Waals surface area contributed by atoms with Crippen molar-refractivity contribution >= 4 is 11.5 Å². The van der Waals surface area contributed by atoms with Crippen LogP contribution in [-0.4, -0.2) is 10.9 Å². The maximum Gasteiger partial charge on any atom is 0.132 e. The Labute approximate surface area is 81.5 Å². The first-order valence-corrected chi connectivity index (χ1v) is 4.24. The molecule has 4 heteroatoms. The standard InChI is InChI=1S/C10H11NO3/c1-7(12)6-10(13)8-2-4-9(11-14)5-3-8/h2-5,10,13H,6H2,1H3/t10-/m1/s1. The molecule has 0 radical (unpaired) electrons. The van der Waals surface area contributed by atoms with Gasteiger partial charge >= 0.3 is 0 Å². The fraction of sp³-hybridized carbons (Fsp3) is 0.300. The number of nitroso groups, excluding NO2 is 1. The third kappa shape index (κ3) is 2.74. The van der Waals surface area contributed by atoms with Crippen molar-refractivity contribution in [3.63, 3.8) is 0 Å². The molecule has 0 saturated heterocycles. The Morgan fingerprint density at radius 3 is 2.43 bits per heavy atom. The third-order valence-corrected chi connectivity index (χ3v) is 1.86. The summed E-state index contributed by atoms with van der Waals surface area (Å²) >= 11 is 0. The number of hydrogen-bond donors (Lipinski definition) is 1. The van der Waals surface area contributed by atoms with Crippen molar-refractivity contribution in [1.29, 1.82) is 0 Å². The summed E-state index contributed by atoms with van der Waals surface area (Å²) in [4.78, 5) is 20.8. The lowest BCUT2D eigenvalue weighted by Crippen LogP contribution is -2.02. The van der Waals surface area contributed by atoms with Crippen LogP contribution in [0.2, 0.25) is 0 Å². The number of carbonyl (C=O) groups is 1. The second-order valence-corrected chi connectivity index (χ2v) is 3.10. The van der Waals surface area contributed by atoms with Gasteiger partial charge in [0.05, 0.1) is 6.10 Å². The molecule has 0 aliphatic heterocycles. The first kappa shape index (κ1) is 10.5. The van der Waals surface area contributed by atoms with Crippen molar-refractivity contribution in [2.24, 2.45) is 5.18 Å². The molecule has 0 aliphatic carbocycles. The summed E-state index contributed by atoms with van der Waals surface area (Å²) in [5.41, 5.74) is 0.927. The minimum atomic E-state index is -0.798. The summed E-state index contributed by atoms with van der Waals surface area (Å²) in [6, 6.07) is 6.19. The molecule has 0 bridgehead atoms. The molecule has 1 N–H and O–H groups in total. The van der Waals surface area contributed by atoms with Gasteiger partial charge in [0, 0.05) is 6.42 Å². The molecular weight excluding hydrogens is 182 g/mol. The third-order valence-electron chi connectivity index (χ3n) is 1.86. The maximum atomic E-state index is 10.7. The fourth-order valence-corrected chi connectivity index (χ4v) is 1.15. The van der Waals surface area contributed by atoms with Gasteiger partial charge in [0.25, 0.3) is 0 Å². The number of nitrogens with zero attached hydrogens (tertiary/aromatic N) is 1. The lowest BCUT2D eigenvalue weighted by Gasteiger charge is -2.08. The van der Waals surface area contributed by atoms with E-state index in [1.54, 1.807) is 12.1 Å². The number of aliphatic hydroxyl groups is 1. The number of ketones is 1. The van der Waals surface area contributed by atoms with E-state index < -0.39 is 6.10 Å². The zero-order valence-corrected chi connectivity index (χ0v) is 7.80. The quantitative estimate of drug-likeness (QED) is 0.744. The first-order valence-electron chi connectivity index (χ1n) is 4.24. The summed E-state index contributed by atoms with van der Waals surface area (Å²) < 4.78 is 0. The van der Waals surface area contributed by atoms with Gasteiger partial charge in [-0.15, -0.1) is 4.91 Å². The Kier molecular flexibility index (Phi) is 3.48. The molecule has 0 amide bonds. The van der Waals surface area contributed by atoms with Crippen molar-refractivity contribution < 1.29 is 9.90 Å². The molecule has 0 saturated carbocycles.